The first-order valence-corrected chi connectivity index (χ1v) is 6.43. The molecule has 1 aromatic carbocycles. The van der Waals surface area contributed by atoms with Crippen molar-refractivity contribution < 1.29 is 17.9 Å². The van der Waals surface area contributed by atoms with Crippen LogP contribution in [-0.2, 0) is 11.3 Å². The first kappa shape index (κ1) is 15.8. The summed E-state index contributed by atoms with van der Waals surface area (Å²) in [7, 11) is 1.52. The molecule has 1 unspecified atom stereocenters. The zero-order valence-electron chi connectivity index (χ0n) is 11.1. The molecule has 2 aromatic rings. The molecule has 2 N–H and O–H groups in total. The minimum absolute atomic E-state index is 0.0625. The highest BCUT2D eigenvalue weighted by atomic mass is 35.5. The molecule has 114 valence electrons. The maximum Gasteiger partial charge on any atom is 0.194 e. The van der Waals surface area contributed by atoms with Gasteiger partial charge in [0.2, 0.25) is 0 Å². The third-order valence-electron chi connectivity index (χ3n) is 3.00. The highest BCUT2D eigenvalue weighted by molar-refractivity contribution is 6.31. The van der Waals surface area contributed by atoms with Crippen LogP contribution in [-0.4, -0.2) is 23.5 Å². The van der Waals surface area contributed by atoms with Crippen LogP contribution in [0.3, 0.4) is 0 Å². The molecule has 21 heavy (non-hydrogen) atoms. The molecule has 0 aliphatic heterocycles. The summed E-state index contributed by atoms with van der Waals surface area (Å²) in [6.07, 6.45) is 1.38. The van der Waals surface area contributed by atoms with Gasteiger partial charge in [-0.3, -0.25) is 4.68 Å². The topological polar surface area (TPSA) is 53.1 Å². The van der Waals surface area contributed by atoms with Gasteiger partial charge < -0.3 is 10.5 Å². The van der Waals surface area contributed by atoms with Gasteiger partial charge in [0.25, 0.3) is 0 Å². The third-order valence-corrected chi connectivity index (χ3v) is 3.29. The Kier molecular flexibility index (Phi) is 4.87. The molecule has 0 aliphatic carbocycles. The Hall–Kier alpha value is -1.57. The van der Waals surface area contributed by atoms with Crippen LogP contribution in [0.2, 0.25) is 5.02 Å². The Morgan fingerprint density at radius 1 is 1.33 bits per heavy atom. The van der Waals surface area contributed by atoms with Crippen LogP contribution in [0.15, 0.2) is 18.3 Å². The Balaban J connectivity index is 2.40. The van der Waals surface area contributed by atoms with E-state index in [-0.39, 0.29) is 10.6 Å². The molecule has 1 aromatic heterocycles. The Bertz CT molecular complexity index is 625. The lowest BCUT2D eigenvalue weighted by Crippen LogP contribution is -2.20. The van der Waals surface area contributed by atoms with E-state index >= 15 is 0 Å². The van der Waals surface area contributed by atoms with Crippen molar-refractivity contribution in [2.45, 2.75) is 12.6 Å². The van der Waals surface area contributed by atoms with E-state index in [0.29, 0.717) is 18.8 Å². The molecule has 0 amide bonds. The molecule has 0 fully saturated rings. The summed E-state index contributed by atoms with van der Waals surface area (Å²) in [5.74, 6) is -4.15. The average Bonchev–Trinajstić information content (AvgIpc) is 2.82. The van der Waals surface area contributed by atoms with Crippen molar-refractivity contribution in [3.05, 3.63) is 52.1 Å². The smallest absolute Gasteiger partial charge is 0.194 e. The van der Waals surface area contributed by atoms with E-state index in [4.69, 9.17) is 22.1 Å². The number of methoxy groups -OCH3 is 1. The Morgan fingerprint density at radius 2 is 1.95 bits per heavy atom. The van der Waals surface area contributed by atoms with Crippen molar-refractivity contribution in [3.8, 4) is 0 Å². The number of halogens is 4. The van der Waals surface area contributed by atoms with Gasteiger partial charge in [0, 0.05) is 7.11 Å². The van der Waals surface area contributed by atoms with Gasteiger partial charge in [-0.15, -0.1) is 0 Å². The van der Waals surface area contributed by atoms with Crippen LogP contribution in [0, 0.1) is 17.5 Å². The summed E-state index contributed by atoms with van der Waals surface area (Å²) >= 11 is 6.01. The lowest BCUT2D eigenvalue weighted by molar-refractivity contribution is 0.182. The van der Waals surface area contributed by atoms with Crippen LogP contribution in [0.1, 0.15) is 17.3 Å². The van der Waals surface area contributed by atoms with Crippen molar-refractivity contribution in [1.29, 1.82) is 0 Å². The summed E-state index contributed by atoms with van der Waals surface area (Å²) in [4.78, 5) is 0. The normalized spacial score (nSPS) is 12.7. The summed E-state index contributed by atoms with van der Waals surface area (Å²) in [6.45, 7) is 0.738. The van der Waals surface area contributed by atoms with Gasteiger partial charge in [0.05, 0.1) is 36.1 Å². The molecule has 2 rings (SSSR count). The molecule has 0 aliphatic rings. The van der Waals surface area contributed by atoms with Gasteiger partial charge >= 0.3 is 0 Å². The molecule has 4 nitrogen and oxygen atoms in total. The monoisotopic (exact) mass is 319 g/mol. The first-order chi connectivity index (χ1) is 9.95. The van der Waals surface area contributed by atoms with Crippen LogP contribution in [0.4, 0.5) is 13.2 Å². The Labute approximate surface area is 124 Å². The lowest BCUT2D eigenvalue weighted by Gasteiger charge is -2.16. The lowest BCUT2D eigenvalue weighted by atomic mass is 10.0. The minimum Gasteiger partial charge on any atom is -0.383 e. The molecule has 0 radical (unpaired) electrons. The van der Waals surface area contributed by atoms with Crippen molar-refractivity contribution >= 4 is 11.6 Å². The van der Waals surface area contributed by atoms with E-state index in [9.17, 15) is 13.2 Å². The highest BCUT2D eigenvalue weighted by Crippen LogP contribution is 2.28. The fourth-order valence-electron chi connectivity index (χ4n) is 1.95. The predicted octanol–water partition coefficient (Wildman–Crippen LogP) is 2.65. The fourth-order valence-corrected chi connectivity index (χ4v) is 2.21. The van der Waals surface area contributed by atoms with Gasteiger partial charge in [0.1, 0.15) is 0 Å². The van der Waals surface area contributed by atoms with Crippen molar-refractivity contribution in [1.82, 2.24) is 9.78 Å². The van der Waals surface area contributed by atoms with Gasteiger partial charge in [-0.05, 0) is 17.7 Å². The van der Waals surface area contributed by atoms with E-state index in [1.807, 2.05) is 0 Å². The number of hydrogen-bond donors (Lipinski definition) is 1. The number of rotatable bonds is 5. The molecule has 0 saturated carbocycles. The summed E-state index contributed by atoms with van der Waals surface area (Å²) < 4.78 is 46.0. The quantitative estimate of drug-likeness (QED) is 0.862. The van der Waals surface area contributed by atoms with Crippen LogP contribution >= 0.6 is 11.6 Å². The number of ether oxygens (including phenoxy) is 1. The summed E-state index contributed by atoms with van der Waals surface area (Å²) in [5.41, 5.74) is 6.42. The van der Waals surface area contributed by atoms with E-state index < -0.39 is 23.5 Å². The second-order valence-corrected chi connectivity index (χ2v) is 4.78. The van der Waals surface area contributed by atoms with Crippen molar-refractivity contribution in [2.24, 2.45) is 5.73 Å². The van der Waals surface area contributed by atoms with Gasteiger partial charge in [0.15, 0.2) is 17.5 Å². The van der Waals surface area contributed by atoms with Gasteiger partial charge in [-0.1, -0.05) is 11.6 Å². The molecule has 0 spiro atoms. The van der Waals surface area contributed by atoms with Crippen molar-refractivity contribution in [3.63, 3.8) is 0 Å². The fraction of sp³-hybridized carbons (Fsp3) is 0.308. The number of nitrogens with zero attached hydrogens (tertiary/aromatic N) is 2. The third kappa shape index (κ3) is 3.20. The molecule has 8 heteroatoms. The first-order valence-electron chi connectivity index (χ1n) is 6.05. The Morgan fingerprint density at radius 3 is 2.52 bits per heavy atom. The molecule has 1 atom stereocenters. The average molecular weight is 320 g/mol. The number of benzene rings is 1. The van der Waals surface area contributed by atoms with Crippen LogP contribution in [0.25, 0.3) is 0 Å². The van der Waals surface area contributed by atoms with E-state index in [0.717, 1.165) is 12.1 Å². The van der Waals surface area contributed by atoms with Gasteiger partial charge in [-0.25, -0.2) is 13.2 Å². The SMILES string of the molecule is COCCn1ncc(Cl)c1C(N)c1cc(F)c(F)c(F)c1. The van der Waals surface area contributed by atoms with Crippen LogP contribution < -0.4 is 5.73 Å². The summed E-state index contributed by atoms with van der Waals surface area (Å²) in [6, 6.07) is 0.738. The van der Waals surface area contributed by atoms with E-state index in [2.05, 4.69) is 5.10 Å². The van der Waals surface area contributed by atoms with Crippen LogP contribution in [0.5, 0.6) is 0 Å². The second-order valence-electron chi connectivity index (χ2n) is 4.37. The van der Waals surface area contributed by atoms with Gasteiger partial charge in [-0.2, -0.15) is 5.10 Å². The molecular weight excluding hydrogens is 307 g/mol. The predicted molar refractivity (Wildman–Crippen MR) is 71.5 cm³/mol. The van der Waals surface area contributed by atoms with E-state index in [1.165, 1.54) is 18.0 Å². The maximum atomic E-state index is 13.3. The standard InChI is InChI=1S/C13H13ClF3N3O/c1-21-3-2-20-13(8(14)6-19-20)12(18)7-4-9(15)11(17)10(16)5-7/h4-6,12H,2-3,18H2,1H3. The largest absolute Gasteiger partial charge is 0.383 e. The molecule has 0 bridgehead atoms. The van der Waals surface area contributed by atoms with E-state index in [1.54, 1.807) is 0 Å². The minimum atomic E-state index is -1.54. The maximum absolute atomic E-state index is 13.3. The molecular formula is C13H13ClF3N3O. The number of nitrogens with two attached hydrogens (primary N) is 1. The summed E-state index contributed by atoms with van der Waals surface area (Å²) in [5, 5.41) is 4.28. The zero-order valence-corrected chi connectivity index (χ0v) is 11.9. The second kappa shape index (κ2) is 6.46. The molecule has 0 saturated heterocycles. The molecule has 1 heterocycles. The zero-order chi connectivity index (χ0) is 15.6. The highest BCUT2D eigenvalue weighted by Gasteiger charge is 2.21. The van der Waals surface area contributed by atoms with Crippen molar-refractivity contribution in [2.75, 3.05) is 13.7 Å². The number of hydrogen-bond acceptors (Lipinski definition) is 3. The number of aromatic nitrogens is 2.